The average Bonchev–Trinajstić information content (AvgIpc) is 2.89. The Balaban J connectivity index is 1.75. The van der Waals surface area contributed by atoms with Gasteiger partial charge in [0.05, 0.1) is 7.11 Å². The molecule has 100 valence electrons. The summed E-state index contributed by atoms with van der Waals surface area (Å²) in [7, 11) is 1.71. The Hall–Kier alpha value is -1.06. The molecule has 0 bridgehead atoms. The van der Waals surface area contributed by atoms with Gasteiger partial charge >= 0.3 is 0 Å². The molecule has 0 saturated carbocycles. The van der Waals surface area contributed by atoms with Gasteiger partial charge in [-0.2, -0.15) is 0 Å². The van der Waals surface area contributed by atoms with Crippen LogP contribution >= 0.6 is 0 Å². The van der Waals surface area contributed by atoms with Crippen molar-refractivity contribution in [3.63, 3.8) is 0 Å². The van der Waals surface area contributed by atoms with Gasteiger partial charge in [-0.1, -0.05) is 12.1 Å². The van der Waals surface area contributed by atoms with Crippen molar-refractivity contribution in [3.8, 4) is 5.75 Å². The van der Waals surface area contributed by atoms with E-state index in [9.17, 15) is 0 Å². The number of ether oxygens (including phenoxy) is 1. The zero-order chi connectivity index (χ0) is 12.8. The Labute approximate surface area is 110 Å². The molecule has 1 saturated heterocycles. The van der Waals surface area contributed by atoms with Crippen LogP contribution in [0.3, 0.4) is 0 Å². The first-order valence-corrected chi connectivity index (χ1v) is 6.87. The number of hydrogen-bond donors (Lipinski definition) is 2. The van der Waals surface area contributed by atoms with Crippen LogP contribution < -0.4 is 15.4 Å². The smallest absolute Gasteiger partial charge is 0.119 e. The van der Waals surface area contributed by atoms with Gasteiger partial charge in [-0.05, 0) is 50.4 Å². The molecule has 0 spiro atoms. The molecule has 1 heterocycles. The first kappa shape index (κ1) is 13.4. The van der Waals surface area contributed by atoms with Crippen LogP contribution in [0, 0.1) is 0 Å². The molecule has 3 heteroatoms. The van der Waals surface area contributed by atoms with Crippen molar-refractivity contribution < 1.29 is 4.74 Å². The summed E-state index contributed by atoms with van der Waals surface area (Å²) in [4.78, 5) is 0. The number of methoxy groups -OCH3 is 1. The van der Waals surface area contributed by atoms with Crippen molar-refractivity contribution in [3.05, 3.63) is 29.8 Å². The Morgan fingerprint density at radius 2 is 2.39 bits per heavy atom. The van der Waals surface area contributed by atoms with Crippen molar-refractivity contribution in [2.24, 2.45) is 0 Å². The number of benzene rings is 1. The SMILES string of the molecule is COc1cccc(CNC(C)CC2CCCN2)c1. The van der Waals surface area contributed by atoms with E-state index in [1.54, 1.807) is 7.11 Å². The van der Waals surface area contributed by atoms with Crippen LogP contribution in [0.5, 0.6) is 5.75 Å². The molecule has 0 radical (unpaired) electrons. The molecule has 0 aromatic heterocycles. The first-order chi connectivity index (χ1) is 8.78. The molecule has 0 aliphatic carbocycles. The first-order valence-electron chi connectivity index (χ1n) is 6.87. The maximum atomic E-state index is 5.23. The average molecular weight is 248 g/mol. The molecule has 0 amide bonds. The molecule has 2 rings (SSSR count). The highest BCUT2D eigenvalue weighted by molar-refractivity contribution is 5.28. The maximum absolute atomic E-state index is 5.23. The molecule has 1 aliphatic heterocycles. The van der Waals surface area contributed by atoms with Crippen LogP contribution in [0.1, 0.15) is 31.7 Å². The molecule has 1 fully saturated rings. The van der Waals surface area contributed by atoms with Crippen LogP contribution in [0.15, 0.2) is 24.3 Å². The van der Waals surface area contributed by atoms with Gasteiger partial charge in [0.1, 0.15) is 5.75 Å². The van der Waals surface area contributed by atoms with Crippen molar-refractivity contribution in [2.75, 3.05) is 13.7 Å². The molecular weight excluding hydrogens is 224 g/mol. The Bertz CT molecular complexity index is 361. The minimum absolute atomic E-state index is 0.548. The second-order valence-electron chi connectivity index (χ2n) is 5.16. The predicted molar refractivity (Wildman–Crippen MR) is 74.9 cm³/mol. The van der Waals surface area contributed by atoms with Crippen LogP contribution in [0.2, 0.25) is 0 Å². The fourth-order valence-electron chi connectivity index (χ4n) is 2.54. The van der Waals surface area contributed by atoms with E-state index in [4.69, 9.17) is 4.74 Å². The fraction of sp³-hybridized carbons (Fsp3) is 0.600. The van der Waals surface area contributed by atoms with Gasteiger partial charge in [0, 0.05) is 18.6 Å². The normalized spacial score (nSPS) is 20.9. The van der Waals surface area contributed by atoms with E-state index in [1.165, 1.54) is 31.4 Å². The molecule has 2 atom stereocenters. The van der Waals surface area contributed by atoms with E-state index in [0.29, 0.717) is 12.1 Å². The Morgan fingerprint density at radius 1 is 1.50 bits per heavy atom. The largest absolute Gasteiger partial charge is 0.497 e. The molecule has 2 unspecified atom stereocenters. The molecule has 1 aliphatic rings. The minimum atomic E-state index is 0.548. The summed E-state index contributed by atoms with van der Waals surface area (Å²) in [6.45, 7) is 4.36. The Morgan fingerprint density at radius 3 is 3.11 bits per heavy atom. The topological polar surface area (TPSA) is 33.3 Å². The van der Waals surface area contributed by atoms with E-state index < -0.39 is 0 Å². The van der Waals surface area contributed by atoms with Crippen molar-refractivity contribution >= 4 is 0 Å². The van der Waals surface area contributed by atoms with Gasteiger partial charge in [0.15, 0.2) is 0 Å². The van der Waals surface area contributed by atoms with Crippen molar-refractivity contribution in [1.82, 2.24) is 10.6 Å². The lowest BCUT2D eigenvalue weighted by Gasteiger charge is -2.18. The third kappa shape index (κ3) is 4.00. The van der Waals surface area contributed by atoms with Crippen molar-refractivity contribution in [2.45, 2.75) is 44.8 Å². The van der Waals surface area contributed by atoms with Gasteiger partial charge in [-0.25, -0.2) is 0 Å². The highest BCUT2D eigenvalue weighted by atomic mass is 16.5. The standard InChI is InChI=1S/C15H24N2O/c1-12(9-14-6-4-8-16-14)17-11-13-5-3-7-15(10-13)18-2/h3,5,7,10,12,14,16-17H,4,6,8-9,11H2,1-2H3. The second kappa shape index (κ2) is 6.76. The lowest BCUT2D eigenvalue weighted by atomic mass is 10.1. The van der Waals surface area contributed by atoms with E-state index in [0.717, 1.165) is 12.3 Å². The van der Waals surface area contributed by atoms with Crippen LogP contribution in [0.25, 0.3) is 0 Å². The zero-order valence-corrected chi connectivity index (χ0v) is 11.4. The summed E-state index contributed by atoms with van der Waals surface area (Å²) < 4.78 is 5.23. The maximum Gasteiger partial charge on any atom is 0.119 e. The highest BCUT2D eigenvalue weighted by Crippen LogP contribution is 2.14. The van der Waals surface area contributed by atoms with E-state index >= 15 is 0 Å². The molecule has 18 heavy (non-hydrogen) atoms. The minimum Gasteiger partial charge on any atom is -0.497 e. The summed E-state index contributed by atoms with van der Waals surface area (Å²) in [5, 5.41) is 7.13. The van der Waals surface area contributed by atoms with E-state index in [2.05, 4.69) is 29.7 Å². The van der Waals surface area contributed by atoms with Crippen molar-refractivity contribution in [1.29, 1.82) is 0 Å². The summed E-state index contributed by atoms with van der Waals surface area (Å²) >= 11 is 0. The Kier molecular flexibility index (Phi) is 5.02. The summed E-state index contributed by atoms with van der Waals surface area (Å²) in [6.07, 6.45) is 3.86. The molecular formula is C15H24N2O. The monoisotopic (exact) mass is 248 g/mol. The lowest BCUT2D eigenvalue weighted by molar-refractivity contribution is 0.412. The predicted octanol–water partition coefficient (Wildman–Crippen LogP) is 2.32. The van der Waals surface area contributed by atoms with Gasteiger partial charge in [-0.3, -0.25) is 0 Å². The van der Waals surface area contributed by atoms with Gasteiger partial charge in [-0.15, -0.1) is 0 Å². The van der Waals surface area contributed by atoms with Crippen LogP contribution in [0.4, 0.5) is 0 Å². The molecule has 2 N–H and O–H groups in total. The van der Waals surface area contributed by atoms with E-state index in [-0.39, 0.29) is 0 Å². The van der Waals surface area contributed by atoms with Gasteiger partial charge < -0.3 is 15.4 Å². The summed E-state index contributed by atoms with van der Waals surface area (Å²) in [5.74, 6) is 0.930. The van der Waals surface area contributed by atoms with Crippen LogP contribution in [-0.4, -0.2) is 25.7 Å². The molecule has 1 aromatic rings. The third-order valence-electron chi connectivity index (χ3n) is 3.59. The summed E-state index contributed by atoms with van der Waals surface area (Å²) in [5.41, 5.74) is 1.28. The quantitative estimate of drug-likeness (QED) is 0.810. The third-order valence-corrected chi connectivity index (χ3v) is 3.59. The lowest BCUT2D eigenvalue weighted by Crippen LogP contribution is -2.33. The van der Waals surface area contributed by atoms with Crippen LogP contribution in [-0.2, 0) is 6.54 Å². The number of hydrogen-bond acceptors (Lipinski definition) is 3. The van der Waals surface area contributed by atoms with Gasteiger partial charge in [0.25, 0.3) is 0 Å². The highest BCUT2D eigenvalue weighted by Gasteiger charge is 2.16. The zero-order valence-electron chi connectivity index (χ0n) is 11.4. The van der Waals surface area contributed by atoms with Gasteiger partial charge in [0.2, 0.25) is 0 Å². The molecule has 3 nitrogen and oxygen atoms in total. The number of rotatable bonds is 6. The number of nitrogens with one attached hydrogen (secondary N) is 2. The van der Waals surface area contributed by atoms with E-state index in [1.807, 2.05) is 12.1 Å². The summed E-state index contributed by atoms with van der Waals surface area (Å²) in [6, 6.07) is 9.50. The molecule has 1 aromatic carbocycles. The fourth-order valence-corrected chi connectivity index (χ4v) is 2.54. The second-order valence-corrected chi connectivity index (χ2v) is 5.16.